The zero-order chi connectivity index (χ0) is 6.41. The highest BCUT2D eigenvalue weighted by Gasteiger charge is 1.74. The second-order valence-corrected chi connectivity index (χ2v) is 1.86. The third-order valence-corrected chi connectivity index (χ3v) is 0.956. The molecule has 0 spiro atoms. The molecule has 0 radical (unpaired) electrons. The van der Waals surface area contributed by atoms with E-state index in [-0.39, 0.29) is 0 Å². The molecule has 44 valence electrons. The van der Waals surface area contributed by atoms with Crippen LogP contribution in [-0.4, -0.2) is 7.85 Å². The lowest BCUT2D eigenvalue weighted by Crippen LogP contribution is -1.71. The molecule has 8 heavy (non-hydrogen) atoms. The quantitative estimate of drug-likeness (QED) is 0.371. The molecule has 0 saturated heterocycles. The van der Waals surface area contributed by atoms with E-state index in [0.29, 0.717) is 0 Å². The van der Waals surface area contributed by atoms with Crippen molar-refractivity contribution in [1.29, 1.82) is 0 Å². The van der Waals surface area contributed by atoms with Crippen LogP contribution in [0.1, 0.15) is 20.3 Å². The molecule has 0 nitrogen and oxygen atoms in total. The van der Waals surface area contributed by atoms with Crippen LogP contribution in [-0.2, 0) is 0 Å². The molecule has 0 bridgehead atoms. The third kappa shape index (κ3) is 3.73. The molecule has 0 unspecified atom stereocenters. The summed E-state index contributed by atoms with van der Waals surface area (Å²) in [7, 11) is 2.11. The van der Waals surface area contributed by atoms with Crippen LogP contribution >= 0.6 is 0 Å². The van der Waals surface area contributed by atoms with Crippen molar-refractivity contribution in [3.63, 3.8) is 0 Å². The average Bonchev–Trinajstić information content (AvgIpc) is 1.68. The predicted octanol–water partition coefficient (Wildman–Crippen LogP) is 1.49. The minimum absolute atomic E-state index is 1.14. The van der Waals surface area contributed by atoms with Crippen LogP contribution < -0.4 is 0 Å². The van der Waals surface area contributed by atoms with E-state index in [1.54, 1.807) is 0 Å². The van der Waals surface area contributed by atoms with Gasteiger partial charge in [-0.05, 0) is 13.3 Å². The molecule has 0 fully saturated rings. The normalized spacial score (nSPS) is 13.0. The van der Waals surface area contributed by atoms with E-state index in [9.17, 15) is 0 Å². The summed E-state index contributed by atoms with van der Waals surface area (Å²) in [5, 5.41) is 0. The largest absolute Gasteiger partial charge is 0.138 e. The summed E-state index contributed by atoms with van der Waals surface area (Å²) in [6, 6.07) is 0. The summed E-state index contributed by atoms with van der Waals surface area (Å²) < 4.78 is 0. The molecular weight excluding hydrogens is 94.9 g/mol. The third-order valence-electron chi connectivity index (χ3n) is 0.956. The summed E-state index contributed by atoms with van der Waals surface area (Å²) >= 11 is 0. The van der Waals surface area contributed by atoms with Crippen molar-refractivity contribution >= 4 is 7.85 Å². The van der Waals surface area contributed by atoms with Gasteiger partial charge in [-0.25, -0.2) is 0 Å². The summed E-state index contributed by atoms with van der Waals surface area (Å²) in [6.07, 6.45) is 7.52. The first-order chi connectivity index (χ1) is 3.81. The van der Waals surface area contributed by atoms with Gasteiger partial charge in [-0.2, -0.15) is 0 Å². The Morgan fingerprint density at radius 1 is 1.62 bits per heavy atom. The van der Waals surface area contributed by atoms with Crippen molar-refractivity contribution in [3.8, 4) is 0 Å². The van der Waals surface area contributed by atoms with Gasteiger partial charge in [0.1, 0.15) is 7.85 Å². The van der Waals surface area contributed by atoms with Crippen molar-refractivity contribution in [2.45, 2.75) is 20.3 Å². The standard InChI is InChI=1S/C7H13B/c1-3-5-7(8)6-4-2/h3,5-6H,4,8H2,1-2H3/b5-3-,7-6+. The predicted molar refractivity (Wildman–Crippen MR) is 41.7 cm³/mol. The van der Waals surface area contributed by atoms with Crippen LogP contribution in [0.15, 0.2) is 23.7 Å². The SMILES string of the molecule is BC(/C=C\C)=C/CC. The van der Waals surface area contributed by atoms with Gasteiger partial charge in [0.05, 0.1) is 0 Å². The Bertz CT molecular complexity index is 101. The van der Waals surface area contributed by atoms with Crippen LogP contribution in [0.2, 0.25) is 0 Å². The van der Waals surface area contributed by atoms with Gasteiger partial charge >= 0.3 is 0 Å². The maximum Gasteiger partial charge on any atom is 0.138 e. The van der Waals surface area contributed by atoms with Gasteiger partial charge in [-0.3, -0.25) is 0 Å². The van der Waals surface area contributed by atoms with E-state index in [0.717, 1.165) is 6.42 Å². The van der Waals surface area contributed by atoms with Gasteiger partial charge in [-0.15, -0.1) is 0 Å². The van der Waals surface area contributed by atoms with Gasteiger partial charge in [0.25, 0.3) is 0 Å². The highest BCUT2D eigenvalue weighted by Crippen LogP contribution is 1.91. The maximum atomic E-state index is 2.21. The van der Waals surface area contributed by atoms with Crippen molar-refractivity contribution in [2.75, 3.05) is 0 Å². The van der Waals surface area contributed by atoms with Crippen LogP contribution in [0, 0.1) is 0 Å². The van der Waals surface area contributed by atoms with Crippen LogP contribution in [0.4, 0.5) is 0 Å². The fourth-order valence-corrected chi connectivity index (χ4v) is 0.653. The van der Waals surface area contributed by atoms with E-state index in [2.05, 4.69) is 33.0 Å². The fourth-order valence-electron chi connectivity index (χ4n) is 0.653. The highest BCUT2D eigenvalue weighted by atomic mass is 13.7. The number of hydrogen-bond donors (Lipinski definition) is 0. The molecule has 0 aromatic rings. The van der Waals surface area contributed by atoms with E-state index in [4.69, 9.17) is 0 Å². The summed E-state index contributed by atoms with van der Waals surface area (Å²) in [5.74, 6) is 0. The molecule has 0 aliphatic heterocycles. The van der Waals surface area contributed by atoms with Crippen LogP contribution in [0.3, 0.4) is 0 Å². The Kier molecular flexibility index (Phi) is 4.43. The Labute approximate surface area is 52.7 Å². The lowest BCUT2D eigenvalue weighted by molar-refractivity contribution is 1.22. The first-order valence-corrected chi connectivity index (χ1v) is 3.10. The maximum absolute atomic E-state index is 2.21. The zero-order valence-electron chi connectivity index (χ0n) is 5.94. The van der Waals surface area contributed by atoms with Crippen LogP contribution in [0.5, 0.6) is 0 Å². The molecule has 0 aliphatic rings. The van der Waals surface area contributed by atoms with E-state index in [1.165, 1.54) is 5.47 Å². The monoisotopic (exact) mass is 108 g/mol. The minimum atomic E-state index is 1.14. The Morgan fingerprint density at radius 2 is 2.25 bits per heavy atom. The number of rotatable bonds is 2. The van der Waals surface area contributed by atoms with Crippen molar-refractivity contribution in [2.24, 2.45) is 0 Å². The lowest BCUT2D eigenvalue weighted by atomic mass is 9.94. The van der Waals surface area contributed by atoms with E-state index in [1.807, 2.05) is 6.92 Å². The van der Waals surface area contributed by atoms with Crippen molar-refractivity contribution in [1.82, 2.24) is 0 Å². The second kappa shape index (κ2) is 4.70. The fraction of sp³-hybridized carbons (Fsp3) is 0.429. The van der Waals surface area contributed by atoms with E-state index < -0.39 is 0 Å². The molecular formula is C7H13B. The smallest absolute Gasteiger partial charge is 0.0932 e. The average molecular weight is 108 g/mol. The molecule has 0 saturated carbocycles. The Hall–Kier alpha value is -0.455. The van der Waals surface area contributed by atoms with Gasteiger partial charge in [0, 0.05) is 0 Å². The molecule has 0 N–H and O–H groups in total. The van der Waals surface area contributed by atoms with Gasteiger partial charge in [-0.1, -0.05) is 30.6 Å². The van der Waals surface area contributed by atoms with Gasteiger partial charge in [0.2, 0.25) is 0 Å². The molecule has 0 aromatic carbocycles. The Morgan fingerprint density at radius 3 is 2.62 bits per heavy atom. The molecule has 0 amide bonds. The van der Waals surface area contributed by atoms with Gasteiger partial charge < -0.3 is 0 Å². The highest BCUT2D eigenvalue weighted by molar-refractivity contribution is 6.23. The molecule has 0 heterocycles. The van der Waals surface area contributed by atoms with Gasteiger partial charge in [0.15, 0.2) is 0 Å². The molecule has 0 rings (SSSR count). The van der Waals surface area contributed by atoms with Crippen molar-refractivity contribution in [3.05, 3.63) is 23.7 Å². The summed E-state index contributed by atoms with van der Waals surface area (Å²) in [5.41, 5.74) is 1.36. The summed E-state index contributed by atoms with van der Waals surface area (Å²) in [6.45, 7) is 4.18. The summed E-state index contributed by atoms with van der Waals surface area (Å²) in [4.78, 5) is 0. The zero-order valence-corrected chi connectivity index (χ0v) is 5.94. The Balaban J connectivity index is 3.61. The molecule has 0 aliphatic carbocycles. The molecule has 0 aromatic heterocycles. The number of hydrogen-bond acceptors (Lipinski definition) is 0. The second-order valence-electron chi connectivity index (χ2n) is 1.86. The molecule has 1 heteroatoms. The topological polar surface area (TPSA) is 0 Å². The minimum Gasteiger partial charge on any atom is -0.0932 e. The number of allylic oxidation sites excluding steroid dienone is 4. The first kappa shape index (κ1) is 7.54. The first-order valence-electron chi connectivity index (χ1n) is 3.10. The van der Waals surface area contributed by atoms with Crippen LogP contribution in [0.25, 0.3) is 0 Å². The van der Waals surface area contributed by atoms with Crippen molar-refractivity contribution < 1.29 is 0 Å². The molecule has 0 atom stereocenters. The lowest BCUT2D eigenvalue weighted by Gasteiger charge is -1.85. The van der Waals surface area contributed by atoms with E-state index >= 15 is 0 Å².